The minimum Gasteiger partial charge on any atom is -0.479 e. The number of halogens is 2. The number of hydrogen-bond acceptors (Lipinski definition) is 3. The van der Waals surface area contributed by atoms with Crippen LogP contribution in [0, 0.1) is 0 Å². The topological polar surface area (TPSA) is 67.4 Å². The molecule has 7 heteroatoms. The van der Waals surface area contributed by atoms with Crippen LogP contribution in [0.25, 0.3) is 10.8 Å². The summed E-state index contributed by atoms with van der Waals surface area (Å²) >= 11 is 11.9. The van der Waals surface area contributed by atoms with Gasteiger partial charge in [0.15, 0.2) is 6.10 Å². The van der Waals surface area contributed by atoms with E-state index in [2.05, 4.69) is 10.9 Å². The minimum absolute atomic E-state index is 0.139. The summed E-state index contributed by atoms with van der Waals surface area (Å²) in [4.78, 5) is 24.4. The van der Waals surface area contributed by atoms with Gasteiger partial charge in [0, 0.05) is 5.02 Å². The molecule has 0 aliphatic heterocycles. The van der Waals surface area contributed by atoms with Gasteiger partial charge in [0.25, 0.3) is 5.91 Å². The first-order valence-corrected chi connectivity index (χ1v) is 9.36. The van der Waals surface area contributed by atoms with Gasteiger partial charge in [-0.25, -0.2) is 0 Å². The number of carbonyl (C=O) groups excluding carboxylic acids is 2. The summed E-state index contributed by atoms with van der Waals surface area (Å²) in [6, 6.07) is 18.3. The van der Waals surface area contributed by atoms with Crippen LogP contribution < -0.4 is 15.6 Å². The summed E-state index contributed by atoms with van der Waals surface area (Å²) in [7, 11) is 0. The molecule has 5 nitrogen and oxygen atoms in total. The van der Waals surface area contributed by atoms with Crippen LogP contribution in [0.15, 0.2) is 60.7 Å². The third-order valence-corrected chi connectivity index (χ3v) is 4.65. The van der Waals surface area contributed by atoms with Gasteiger partial charge in [0.2, 0.25) is 5.91 Å². The molecule has 3 aromatic rings. The van der Waals surface area contributed by atoms with Gasteiger partial charge in [-0.2, -0.15) is 0 Å². The first kappa shape index (κ1) is 20.0. The fourth-order valence-electron chi connectivity index (χ4n) is 2.71. The van der Waals surface area contributed by atoms with Gasteiger partial charge in [0.1, 0.15) is 5.75 Å². The Morgan fingerprint density at radius 1 is 1.00 bits per heavy atom. The Morgan fingerprint density at radius 2 is 1.75 bits per heavy atom. The van der Waals surface area contributed by atoms with Crippen molar-refractivity contribution in [3.63, 3.8) is 0 Å². The maximum absolute atomic E-state index is 12.2. The standard InChI is InChI=1S/C21H18Cl2N2O3/c1-13(28-19-10-9-16(22)12-18(19)23)21(27)25-24-20(26)11-15-7-4-6-14-5-2-3-8-17(14)15/h2-10,12-13H,11H2,1H3,(H,24,26)(H,25,27). The SMILES string of the molecule is CC(Oc1ccc(Cl)cc1Cl)C(=O)NNC(=O)Cc1cccc2ccccc12. The van der Waals surface area contributed by atoms with Gasteiger partial charge in [-0.3, -0.25) is 20.4 Å². The third kappa shape index (κ3) is 4.94. The number of hydrazine groups is 1. The molecule has 3 aromatic carbocycles. The number of ether oxygens (including phenoxy) is 1. The third-order valence-electron chi connectivity index (χ3n) is 4.12. The van der Waals surface area contributed by atoms with Crippen LogP contribution in [0.5, 0.6) is 5.75 Å². The molecule has 3 rings (SSSR count). The average molecular weight is 417 g/mol. The van der Waals surface area contributed by atoms with Gasteiger partial charge in [-0.15, -0.1) is 0 Å². The average Bonchev–Trinajstić information content (AvgIpc) is 2.68. The van der Waals surface area contributed by atoms with Gasteiger partial charge < -0.3 is 4.74 Å². The van der Waals surface area contributed by atoms with Crippen LogP contribution in [-0.4, -0.2) is 17.9 Å². The molecule has 1 atom stereocenters. The highest BCUT2D eigenvalue weighted by atomic mass is 35.5. The molecule has 0 bridgehead atoms. The lowest BCUT2D eigenvalue weighted by molar-refractivity contribution is -0.132. The zero-order valence-corrected chi connectivity index (χ0v) is 16.6. The molecule has 0 saturated heterocycles. The molecule has 0 aliphatic carbocycles. The first-order chi connectivity index (χ1) is 13.4. The Kier molecular flexibility index (Phi) is 6.39. The molecule has 0 aliphatic rings. The maximum Gasteiger partial charge on any atom is 0.279 e. The molecule has 2 amide bonds. The molecule has 2 N–H and O–H groups in total. The predicted molar refractivity (Wildman–Crippen MR) is 110 cm³/mol. The van der Waals surface area contributed by atoms with Crippen LogP contribution in [-0.2, 0) is 16.0 Å². The number of fused-ring (bicyclic) bond motifs is 1. The van der Waals surface area contributed by atoms with Crippen molar-refractivity contribution in [2.45, 2.75) is 19.4 Å². The summed E-state index contributed by atoms with van der Waals surface area (Å²) in [5.74, 6) is -0.505. The predicted octanol–water partition coefficient (Wildman–Crippen LogP) is 4.30. The van der Waals surface area contributed by atoms with E-state index in [4.69, 9.17) is 27.9 Å². The molecular weight excluding hydrogens is 399 g/mol. The van der Waals surface area contributed by atoms with Crippen molar-refractivity contribution in [1.82, 2.24) is 10.9 Å². The van der Waals surface area contributed by atoms with Crippen molar-refractivity contribution in [3.05, 3.63) is 76.3 Å². The molecule has 144 valence electrons. The van der Waals surface area contributed by atoms with Crippen molar-refractivity contribution in [2.24, 2.45) is 0 Å². The Hall–Kier alpha value is -2.76. The highest BCUT2D eigenvalue weighted by Crippen LogP contribution is 2.28. The van der Waals surface area contributed by atoms with Crippen LogP contribution in [0.3, 0.4) is 0 Å². The van der Waals surface area contributed by atoms with E-state index in [-0.39, 0.29) is 12.3 Å². The second-order valence-electron chi connectivity index (χ2n) is 6.19. The summed E-state index contributed by atoms with van der Waals surface area (Å²) < 4.78 is 5.52. The van der Waals surface area contributed by atoms with E-state index >= 15 is 0 Å². The van der Waals surface area contributed by atoms with Crippen molar-refractivity contribution in [1.29, 1.82) is 0 Å². The zero-order valence-electron chi connectivity index (χ0n) is 15.0. The Balaban J connectivity index is 1.55. The largest absolute Gasteiger partial charge is 0.479 e. The van der Waals surface area contributed by atoms with E-state index in [1.807, 2.05) is 42.5 Å². The van der Waals surface area contributed by atoms with Crippen LogP contribution in [0.1, 0.15) is 12.5 Å². The Morgan fingerprint density at radius 3 is 2.54 bits per heavy atom. The monoisotopic (exact) mass is 416 g/mol. The quantitative estimate of drug-likeness (QED) is 0.609. The second-order valence-corrected chi connectivity index (χ2v) is 7.03. The molecule has 0 saturated carbocycles. The lowest BCUT2D eigenvalue weighted by Crippen LogP contribution is -2.47. The molecule has 0 fully saturated rings. The van der Waals surface area contributed by atoms with Crippen LogP contribution >= 0.6 is 23.2 Å². The van der Waals surface area contributed by atoms with Crippen LogP contribution in [0.4, 0.5) is 0 Å². The smallest absolute Gasteiger partial charge is 0.279 e. The van der Waals surface area contributed by atoms with E-state index in [0.29, 0.717) is 15.8 Å². The summed E-state index contributed by atoms with van der Waals surface area (Å²) in [5.41, 5.74) is 5.66. The highest BCUT2D eigenvalue weighted by Gasteiger charge is 2.17. The van der Waals surface area contributed by atoms with E-state index < -0.39 is 12.0 Å². The van der Waals surface area contributed by atoms with Gasteiger partial charge >= 0.3 is 0 Å². The minimum atomic E-state index is -0.864. The van der Waals surface area contributed by atoms with Crippen LogP contribution in [0.2, 0.25) is 10.0 Å². The van der Waals surface area contributed by atoms with E-state index in [1.54, 1.807) is 19.1 Å². The fraction of sp³-hybridized carbons (Fsp3) is 0.143. The lowest BCUT2D eigenvalue weighted by Gasteiger charge is -2.16. The molecule has 0 spiro atoms. The van der Waals surface area contributed by atoms with Gasteiger partial charge in [-0.05, 0) is 41.5 Å². The first-order valence-electron chi connectivity index (χ1n) is 8.61. The van der Waals surface area contributed by atoms with E-state index in [9.17, 15) is 9.59 Å². The molecular formula is C21H18Cl2N2O3. The molecule has 28 heavy (non-hydrogen) atoms. The fourth-order valence-corrected chi connectivity index (χ4v) is 3.16. The highest BCUT2D eigenvalue weighted by molar-refractivity contribution is 6.35. The Labute approximate surface area is 172 Å². The zero-order chi connectivity index (χ0) is 20.1. The van der Waals surface area contributed by atoms with Crippen molar-refractivity contribution < 1.29 is 14.3 Å². The maximum atomic E-state index is 12.2. The lowest BCUT2D eigenvalue weighted by atomic mass is 10.0. The molecule has 1 unspecified atom stereocenters. The summed E-state index contributed by atoms with van der Waals surface area (Å²) in [5, 5.41) is 2.82. The molecule has 0 aromatic heterocycles. The molecule has 0 heterocycles. The number of rotatable bonds is 5. The second kappa shape index (κ2) is 8.95. The normalized spacial score (nSPS) is 11.7. The number of hydrogen-bond donors (Lipinski definition) is 2. The van der Waals surface area contributed by atoms with Crippen molar-refractivity contribution >= 4 is 45.8 Å². The number of nitrogens with one attached hydrogen (secondary N) is 2. The summed E-state index contributed by atoms with van der Waals surface area (Å²) in [6.07, 6.45) is -0.726. The number of amides is 2. The number of carbonyl (C=O) groups is 2. The van der Waals surface area contributed by atoms with E-state index in [0.717, 1.165) is 16.3 Å². The Bertz CT molecular complexity index is 1020. The number of benzene rings is 3. The molecule has 0 radical (unpaired) electrons. The van der Waals surface area contributed by atoms with Gasteiger partial charge in [0.05, 0.1) is 11.4 Å². The summed E-state index contributed by atoms with van der Waals surface area (Å²) in [6.45, 7) is 1.55. The van der Waals surface area contributed by atoms with Gasteiger partial charge in [-0.1, -0.05) is 65.7 Å². The van der Waals surface area contributed by atoms with Crippen molar-refractivity contribution in [2.75, 3.05) is 0 Å². The van der Waals surface area contributed by atoms with E-state index in [1.165, 1.54) is 6.07 Å². The van der Waals surface area contributed by atoms with Crippen molar-refractivity contribution in [3.8, 4) is 5.75 Å².